The number of aliphatic imine (C=N–C) groups is 1. The summed E-state index contributed by atoms with van der Waals surface area (Å²) in [7, 11) is 0. The van der Waals surface area contributed by atoms with Gasteiger partial charge in [-0.2, -0.15) is 5.10 Å². The summed E-state index contributed by atoms with van der Waals surface area (Å²) in [4.78, 5) is 14.2. The molecule has 3 heterocycles. The van der Waals surface area contributed by atoms with Gasteiger partial charge in [0.05, 0.1) is 6.54 Å². The van der Waals surface area contributed by atoms with E-state index in [0.717, 1.165) is 70.6 Å². The van der Waals surface area contributed by atoms with Gasteiger partial charge in [0.2, 0.25) is 0 Å². The molecule has 1 aliphatic rings. The van der Waals surface area contributed by atoms with Crippen LogP contribution in [0.2, 0.25) is 0 Å². The van der Waals surface area contributed by atoms with Crippen molar-refractivity contribution in [2.75, 3.05) is 50.7 Å². The number of aryl methyl sites for hydroxylation is 1. The van der Waals surface area contributed by atoms with E-state index in [1.165, 1.54) is 5.56 Å². The zero-order chi connectivity index (χ0) is 20.3. The van der Waals surface area contributed by atoms with Crippen molar-refractivity contribution in [2.45, 2.75) is 33.4 Å². The molecule has 1 saturated heterocycles. The number of halogens is 1. The Morgan fingerprint density at radius 1 is 1.13 bits per heavy atom. The summed E-state index contributed by atoms with van der Waals surface area (Å²) in [6, 6.07) is 6.18. The number of nitrogens with one attached hydrogen (secondary N) is 2. The number of hydrogen-bond donors (Lipinski definition) is 2. The van der Waals surface area contributed by atoms with Gasteiger partial charge in [0.15, 0.2) is 5.96 Å². The number of pyridine rings is 1. The van der Waals surface area contributed by atoms with Gasteiger partial charge in [-0.05, 0) is 43.7 Å². The van der Waals surface area contributed by atoms with Gasteiger partial charge in [0.1, 0.15) is 5.82 Å². The molecule has 0 spiro atoms. The second kappa shape index (κ2) is 13.4. The molecule has 2 aromatic rings. The van der Waals surface area contributed by atoms with Crippen molar-refractivity contribution in [1.29, 1.82) is 0 Å². The molecule has 30 heavy (non-hydrogen) atoms. The summed E-state index contributed by atoms with van der Waals surface area (Å²) in [6.45, 7) is 12.9. The van der Waals surface area contributed by atoms with Crippen LogP contribution in [-0.4, -0.2) is 71.4 Å². The minimum atomic E-state index is 0. The van der Waals surface area contributed by atoms with Crippen LogP contribution >= 0.6 is 24.0 Å². The number of anilines is 1. The Morgan fingerprint density at radius 2 is 1.97 bits per heavy atom. The van der Waals surface area contributed by atoms with Gasteiger partial charge in [0, 0.05) is 64.4 Å². The molecule has 0 amide bonds. The molecular weight excluding hydrogens is 491 g/mol. The number of likely N-dealkylation sites (N-methyl/N-ethyl adjacent to an activating group) is 1. The molecule has 1 fully saturated rings. The van der Waals surface area contributed by atoms with E-state index in [2.05, 4.69) is 56.5 Å². The predicted molar refractivity (Wildman–Crippen MR) is 134 cm³/mol. The van der Waals surface area contributed by atoms with E-state index in [1.807, 2.05) is 29.3 Å². The summed E-state index contributed by atoms with van der Waals surface area (Å²) in [5, 5.41) is 11.0. The smallest absolute Gasteiger partial charge is 0.191 e. The molecule has 3 rings (SSSR count). The number of guanidine groups is 1. The second-order valence-electron chi connectivity index (χ2n) is 7.19. The molecule has 0 bridgehead atoms. The van der Waals surface area contributed by atoms with Crippen molar-refractivity contribution in [3.63, 3.8) is 0 Å². The molecule has 9 heteroatoms. The minimum Gasteiger partial charge on any atom is -0.357 e. The van der Waals surface area contributed by atoms with Crippen LogP contribution in [0.15, 0.2) is 41.8 Å². The highest BCUT2D eigenvalue weighted by molar-refractivity contribution is 14.0. The van der Waals surface area contributed by atoms with Crippen LogP contribution in [-0.2, 0) is 13.1 Å². The molecule has 0 aromatic carbocycles. The average Bonchev–Trinajstić information content (AvgIpc) is 3.29. The number of piperazine rings is 1. The summed E-state index contributed by atoms with van der Waals surface area (Å²) >= 11 is 0. The van der Waals surface area contributed by atoms with Gasteiger partial charge < -0.3 is 20.4 Å². The minimum absolute atomic E-state index is 0. The van der Waals surface area contributed by atoms with Crippen molar-refractivity contribution in [3.05, 3.63) is 42.4 Å². The SMILES string of the molecule is CCNC(=NCc1ccnc(N2CCN(CC)CC2)c1)NCCCn1cccn1.I. The van der Waals surface area contributed by atoms with E-state index in [1.54, 1.807) is 0 Å². The number of hydrogen-bond acceptors (Lipinski definition) is 5. The lowest BCUT2D eigenvalue weighted by Crippen LogP contribution is -2.46. The van der Waals surface area contributed by atoms with Crippen LogP contribution in [0.25, 0.3) is 0 Å². The largest absolute Gasteiger partial charge is 0.357 e. The van der Waals surface area contributed by atoms with Crippen molar-refractivity contribution in [2.24, 2.45) is 4.99 Å². The highest BCUT2D eigenvalue weighted by atomic mass is 127. The number of aromatic nitrogens is 3. The Bertz CT molecular complexity index is 741. The Morgan fingerprint density at radius 3 is 2.67 bits per heavy atom. The summed E-state index contributed by atoms with van der Waals surface area (Å²) in [5.41, 5.74) is 1.18. The van der Waals surface area contributed by atoms with Gasteiger partial charge in [0.25, 0.3) is 0 Å². The lowest BCUT2D eigenvalue weighted by Gasteiger charge is -2.34. The first kappa shape index (κ1) is 24.4. The Kier molecular flexibility index (Phi) is 10.9. The van der Waals surface area contributed by atoms with Crippen molar-refractivity contribution in [3.8, 4) is 0 Å². The topological polar surface area (TPSA) is 73.6 Å². The van der Waals surface area contributed by atoms with Crippen LogP contribution < -0.4 is 15.5 Å². The Labute approximate surface area is 197 Å². The van der Waals surface area contributed by atoms with Gasteiger partial charge in [-0.3, -0.25) is 4.68 Å². The van der Waals surface area contributed by atoms with Gasteiger partial charge in [-0.1, -0.05) is 6.92 Å². The standard InChI is InChI=1S/C21H34N8.HI/c1-3-22-21(24-8-5-11-29-12-6-9-26-29)25-18-19-7-10-23-20(17-19)28-15-13-27(4-2)14-16-28;/h6-7,9-10,12,17H,3-5,8,11,13-16,18H2,1-2H3,(H2,22,24,25);1H. The van der Waals surface area contributed by atoms with Crippen LogP contribution in [0.5, 0.6) is 0 Å². The molecule has 0 atom stereocenters. The molecule has 2 N–H and O–H groups in total. The van der Waals surface area contributed by atoms with Crippen LogP contribution in [0.4, 0.5) is 5.82 Å². The lowest BCUT2D eigenvalue weighted by molar-refractivity contribution is 0.270. The fourth-order valence-electron chi connectivity index (χ4n) is 3.42. The number of rotatable bonds is 9. The molecule has 8 nitrogen and oxygen atoms in total. The molecule has 0 unspecified atom stereocenters. The summed E-state index contributed by atoms with van der Waals surface area (Å²) in [5.74, 6) is 1.91. The third-order valence-corrected chi connectivity index (χ3v) is 5.13. The summed E-state index contributed by atoms with van der Waals surface area (Å²) in [6.07, 6.45) is 6.69. The first-order valence-electron chi connectivity index (χ1n) is 10.7. The Hall–Kier alpha value is -1.88. The summed E-state index contributed by atoms with van der Waals surface area (Å²) < 4.78 is 1.95. The predicted octanol–water partition coefficient (Wildman–Crippen LogP) is 2.18. The van der Waals surface area contributed by atoms with Gasteiger partial charge in [-0.15, -0.1) is 24.0 Å². The van der Waals surface area contributed by atoms with Crippen LogP contribution in [0.1, 0.15) is 25.8 Å². The highest BCUT2D eigenvalue weighted by Crippen LogP contribution is 2.15. The quantitative estimate of drug-likeness (QED) is 0.226. The highest BCUT2D eigenvalue weighted by Gasteiger charge is 2.16. The molecule has 0 aliphatic carbocycles. The maximum Gasteiger partial charge on any atom is 0.191 e. The monoisotopic (exact) mass is 526 g/mol. The maximum atomic E-state index is 4.75. The Balaban J connectivity index is 0.00000320. The molecule has 166 valence electrons. The second-order valence-corrected chi connectivity index (χ2v) is 7.19. The van der Waals surface area contributed by atoms with Crippen LogP contribution in [0, 0.1) is 0 Å². The molecular formula is C21H35IN8. The zero-order valence-corrected chi connectivity index (χ0v) is 20.5. The first-order chi connectivity index (χ1) is 14.3. The fraction of sp³-hybridized carbons (Fsp3) is 0.571. The third kappa shape index (κ3) is 7.75. The third-order valence-electron chi connectivity index (χ3n) is 5.13. The van der Waals surface area contributed by atoms with E-state index in [-0.39, 0.29) is 24.0 Å². The fourth-order valence-corrected chi connectivity index (χ4v) is 3.42. The van der Waals surface area contributed by atoms with E-state index >= 15 is 0 Å². The molecule has 1 aliphatic heterocycles. The maximum absolute atomic E-state index is 4.75. The van der Waals surface area contributed by atoms with E-state index in [0.29, 0.717) is 6.54 Å². The van der Waals surface area contributed by atoms with Crippen LogP contribution in [0.3, 0.4) is 0 Å². The van der Waals surface area contributed by atoms with E-state index in [4.69, 9.17) is 4.99 Å². The van der Waals surface area contributed by atoms with E-state index < -0.39 is 0 Å². The normalized spacial score (nSPS) is 15.0. The van der Waals surface area contributed by atoms with E-state index in [9.17, 15) is 0 Å². The van der Waals surface area contributed by atoms with Crippen molar-refractivity contribution in [1.82, 2.24) is 30.3 Å². The number of nitrogens with zero attached hydrogens (tertiary/aromatic N) is 6. The van der Waals surface area contributed by atoms with Crippen molar-refractivity contribution >= 4 is 35.8 Å². The molecule has 0 saturated carbocycles. The van der Waals surface area contributed by atoms with Gasteiger partial charge >= 0.3 is 0 Å². The molecule has 2 aromatic heterocycles. The first-order valence-corrected chi connectivity index (χ1v) is 10.7. The average molecular weight is 526 g/mol. The van der Waals surface area contributed by atoms with Crippen molar-refractivity contribution < 1.29 is 0 Å². The zero-order valence-electron chi connectivity index (χ0n) is 18.1. The molecule has 0 radical (unpaired) electrons. The van der Waals surface area contributed by atoms with Gasteiger partial charge in [-0.25, -0.2) is 9.98 Å². The lowest BCUT2D eigenvalue weighted by atomic mass is 10.2.